The Hall–Kier alpha value is -3.42. The number of carbonyl (C=O) groups is 2. The van der Waals surface area contributed by atoms with Crippen molar-refractivity contribution in [2.75, 3.05) is 23.5 Å². The molecule has 0 aromatic heterocycles. The summed E-state index contributed by atoms with van der Waals surface area (Å²) in [5.41, 5.74) is 7.66. The van der Waals surface area contributed by atoms with Gasteiger partial charge in [0.1, 0.15) is 18.1 Å². The van der Waals surface area contributed by atoms with Crippen LogP contribution in [0.3, 0.4) is 0 Å². The molecule has 3 aromatic carbocycles. The van der Waals surface area contributed by atoms with Gasteiger partial charge in [0.25, 0.3) is 0 Å². The average Bonchev–Trinajstić information content (AvgIpc) is 3.25. The zero-order valence-corrected chi connectivity index (χ0v) is 20.6. The quantitative estimate of drug-likeness (QED) is 0.371. The maximum absolute atomic E-state index is 12.7. The number of carbonyl (C=O) groups excluding carboxylic acids is 2. The maximum Gasteiger partial charge on any atom is 0.243 e. The van der Waals surface area contributed by atoms with Crippen molar-refractivity contribution in [3.05, 3.63) is 82.3 Å². The minimum atomic E-state index is -0.469. The fraction of sp³-hybridized carbons (Fsp3) is 0.231. The van der Waals surface area contributed by atoms with Gasteiger partial charge in [0, 0.05) is 40.3 Å². The normalized spacial score (nSPS) is 15.1. The summed E-state index contributed by atoms with van der Waals surface area (Å²) in [6.07, 6.45) is 0.141. The third-order valence-electron chi connectivity index (χ3n) is 5.56. The van der Waals surface area contributed by atoms with Crippen molar-refractivity contribution in [2.45, 2.75) is 20.0 Å². The SMILES string of the molecule is CCOc1ccc(N2C[C@@H](C(=O)NNc3cccc(OCc4c(Cl)cccc4Cl)c3)CC2=O)cc1. The fourth-order valence-corrected chi connectivity index (χ4v) is 4.25. The molecule has 2 amide bonds. The molecule has 1 heterocycles. The molecular formula is C26H25Cl2N3O4. The molecule has 35 heavy (non-hydrogen) atoms. The second-order valence-corrected chi connectivity index (χ2v) is 8.78. The molecule has 0 spiro atoms. The summed E-state index contributed by atoms with van der Waals surface area (Å²) in [5, 5.41) is 1.06. The number of halogens is 2. The number of amides is 2. The molecule has 0 aliphatic carbocycles. The number of benzene rings is 3. The van der Waals surface area contributed by atoms with Crippen molar-refractivity contribution in [1.29, 1.82) is 0 Å². The van der Waals surface area contributed by atoms with Crippen LogP contribution in [0.5, 0.6) is 11.5 Å². The van der Waals surface area contributed by atoms with Crippen LogP contribution in [0.1, 0.15) is 18.9 Å². The first-order valence-electron chi connectivity index (χ1n) is 11.2. The van der Waals surface area contributed by atoms with Crippen LogP contribution >= 0.6 is 23.2 Å². The van der Waals surface area contributed by atoms with Crippen molar-refractivity contribution in [1.82, 2.24) is 5.43 Å². The number of anilines is 2. The highest BCUT2D eigenvalue weighted by atomic mass is 35.5. The number of hydrogen-bond donors (Lipinski definition) is 2. The van der Waals surface area contributed by atoms with E-state index < -0.39 is 5.92 Å². The van der Waals surface area contributed by atoms with Crippen LogP contribution < -0.4 is 25.2 Å². The van der Waals surface area contributed by atoms with Gasteiger partial charge in [-0.2, -0.15) is 0 Å². The first kappa shape index (κ1) is 24.7. The van der Waals surface area contributed by atoms with E-state index in [4.69, 9.17) is 32.7 Å². The van der Waals surface area contributed by atoms with Crippen molar-refractivity contribution in [3.63, 3.8) is 0 Å². The van der Waals surface area contributed by atoms with Crippen molar-refractivity contribution in [3.8, 4) is 11.5 Å². The van der Waals surface area contributed by atoms with E-state index in [9.17, 15) is 9.59 Å². The molecule has 7 nitrogen and oxygen atoms in total. The molecule has 0 unspecified atom stereocenters. The monoisotopic (exact) mass is 513 g/mol. The van der Waals surface area contributed by atoms with E-state index >= 15 is 0 Å². The minimum Gasteiger partial charge on any atom is -0.494 e. The molecule has 3 aromatic rings. The molecule has 182 valence electrons. The van der Waals surface area contributed by atoms with Crippen LogP contribution in [-0.4, -0.2) is 25.0 Å². The lowest BCUT2D eigenvalue weighted by atomic mass is 10.1. The highest BCUT2D eigenvalue weighted by molar-refractivity contribution is 6.35. The molecule has 2 N–H and O–H groups in total. The molecule has 1 atom stereocenters. The van der Waals surface area contributed by atoms with E-state index in [-0.39, 0.29) is 24.8 Å². The lowest BCUT2D eigenvalue weighted by Gasteiger charge is -2.17. The summed E-state index contributed by atoms with van der Waals surface area (Å²) in [7, 11) is 0. The second-order valence-electron chi connectivity index (χ2n) is 7.96. The van der Waals surface area contributed by atoms with E-state index in [1.165, 1.54) is 0 Å². The Morgan fingerprint density at radius 3 is 2.43 bits per heavy atom. The van der Waals surface area contributed by atoms with Gasteiger partial charge in [-0.25, -0.2) is 0 Å². The average molecular weight is 514 g/mol. The summed E-state index contributed by atoms with van der Waals surface area (Å²) in [5.74, 6) is 0.493. The molecule has 0 radical (unpaired) electrons. The molecule has 1 fully saturated rings. The zero-order chi connectivity index (χ0) is 24.8. The van der Waals surface area contributed by atoms with Gasteiger partial charge in [-0.3, -0.25) is 20.4 Å². The van der Waals surface area contributed by atoms with Gasteiger partial charge < -0.3 is 14.4 Å². The van der Waals surface area contributed by atoms with E-state index in [1.807, 2.05) is 31.2 Å². The lowest BCUT2D eigenvalue weighted by molar-refractivity contribution is -0.125. The van der Waals surface area contributed by atoms with Crippen LogP contribution in [0.25, 0.3) is 0 Å². The summed E-state index contributed by atoms with van der Waals surface area (Å²) in [6.45, 7) is 3.00. The molecule has 1 saturated heterocycles. The van der Waals surface area contributed by atoms with Crippen LogP contribution in [0.2, 0.25) is 10.0 Å². The largest absolute Gasteiger partial charge is 0.494 e. The molecule has 1 aliphatic heterocycles. The first-order valence-corrected chi connectivity index (χ1v) is 11.9. The fourth-order valence-electron chi connectivity index (χ4n) is 3.75. The lowest BCUT2D eigenvalue weighted by Crippen LogP contribution is -2.36. The molecule has 4 rings (SSSR count). The van der Waals surface area contributed by atoms with Gasteiger partial charge in [-0.15, -0.1) is 0 Å². The number of hydrogen-bond acceptors (Lipinski definition) is 5. The standard InChI is InChI=1S/C26H25Cl2N3O4/c1-2-34-20-11-9-19(10-12-20)31-15-17(13-25(31)32)26(33)30-29-18-5-3-6-21(14-18)35-16-22-23(27)7-4-8-24(22)28/h3-12,14,17,29H,2,13,15-16H2,1H3,(H,30,33)/t17-/m0/s1. The summed E-state index contributed by atoms with van der Waals surface area (Å²) in [4.78, 5) is 26.9. The summed E-state index contributed by atoms with van der Waals surface area (Å²) >= 11 is 12.4. The predicted molar refractivity (Wildman–Crippen MR) is 137 cm³/mol. The Kier molecular flexibility index (Phi) is 8.00. The molecule has 0 bridgehead atoms. The van der Waals surface area contributed by atoms with Crippen LogP contribution in [0.15, 0.2) is 66.7 Å². The van der Waals surface area contributed by atoms with E-state index in [1.54, 1.807) is 47.4 Å². The zero-order valence-electron chi connectivity index (χ0n) is 19.1. The maximum atomic E-state index is 12.7. The van der Waals surface area contributed by atoms with Crippen LogP contribution in [-0.2, 0) is 16.2 Å². The predicted octanol–water partition coefficient (Wildman–Crippen LogP) is 5.47. The van der Waals surface area contributed by atoms with Gasteiger partial charge in [0.05, 0.1) is 18.2 Å². The number of nitrogens with one attached hydrogen (secondary N) is 2. The van der Waals surface area contributed by atoms with Gasteiger partial charge >= 0.3 is 0 Å². The van der Waals surface area contributed by atoms with Crippen LogP contribution in [0.4, 0.5) is 11.4 Å². The number of ether oxygens (including phenoxy) is 2. The van der Waals surface area contributed by atoms with Crippen molar-refractivity contribution < 1.29 is 19.1 Å². The minimum absolute atomic E-state index is 0.0945. The summed E-state index contributed by atoms with van der Waals surface area (Å²) < 4.78 is 11.3. The third kappa shape index (κ3) is 6.18. The Labute approximate surface area is 213 Å². The molecular weight excluding hydrogens is 489 g/mol. The Balaban J connectivity index is 1.31. The van der Waals surface area contributed by atoms with Gasteiger partial charge in [0.2, 0.25) is 11.8 Å². The molecule has 9 heteroatoms. The van der Waals surface area contributed by atoms with E-state index in [2.05, 4.69) is 10.9 Å². The number of rotatable bonds is 9. The Bertz CT molecular complexity index is 1180. The number of hydrazine groups is 1. The van der Waals surface area contributed by atoms with E-state index in [0.717, 1.165) is 11.4 Å². The second kappa shape index (κ2) is 11.3. The van der Waals surface area contributed by atoms with Gasteiger partial charge in [0.15, 0.2) is 0 Å². The Morgan fingerprint density at radius 1 is 1.00 bits per heavy atom. The summed E-state index contributed by atoms with van der Waals surface area (Å²) in [6, 6.07) is 19.7. The van der Waals surface area contributed by atoms with E-state index in [0.29, 0.717) is 40.2 Å². The van der Waals surface area contributed by atoms with Gasteiger partial charge in [-0.05, 0) is 55.5 Å². The number of nitrogens with zero attached hydrogens (tertiary/aromatic N) is 1. The molecule has 1 aliphatic rings. The third-order valence-corrected chi connectivity index (χ3v) is 6.27. The smallest absolute Gasteiger partial charge is 0.243 e. The van der Waals surface area contributed by atoms with Crippen molar-refractivity contribution in [2.24, 2.45) is 5.92 Å². The van der Waals surface area contributed by atoms with Crippen molar-refractivity contribution >= 4 is 46.4 Å². The van der Waals surface area contributed by atoms with Gasteiger partial charge in [-0.1, -0.05) is 35.3 Å². The highest BCUT2D eigenvalue weighted by Crippen LogP contribution is 2.28. The Morgan fingerprint density at radius 2 is 1.71 bits per heavy atom. The topological polar surface area (TPSA) is 79.9 Å². The van der Waals surface area contributed by atoms with Crippen LogP contribution in [0, 0.1) is 5.92 Å². The highest BCUT2D eigenvalue weighted by Gasteiger charge is 2.35. The molecule has 0 saturated carbocycles. The first-order chi connectivity index (χ1) is 16.9.